The monoisotopic (exact) mass is 386 g/mol. The Kier molecular flexibility index (Phi) is 7.02. The van der Waals surface area contributed by atoms with Crippen molar-refractivity contribution in [1.82, 2.24) is 4.90 Å². The summed E-state index contributed by atoms with van der Waals surface area (Å²) < 4.78 is 5.63. The van der Waals surface area contributed by atoms with Gasteiger partial charge in [-0.25, -0.2) is 9.59 Å². The fourth-order valence-corrected chi connectivity index (χ4v) is 2.15. The van der Waals surface area contributed by atoms with Crippen molar-refractivity contribution in [1.29, 1.82) is 0 Å². The van der Waals surface area contributed by atoms with E-state index in [0.717, 1.165) is 0 Å². The van der Waals surface area contributed by atoms with Crippen LogP contribution in [0.1, 0.15) is 24.2 Å². The smallest absolute Gasteiger partial charge is 0.340 e. The molecule has 0 saturated carbocycles. The molecule has 0 aliphatic carbocycles. The summed E-state index contributed by atoms with van der Waals surface area (Å²) in [4.78, 5) is 36.2. The van der Waals surface area contributed by atoms with Crippen molar-refractivity contribution in [2.75, 3.05) is 25.5 Å². The molecular formula is C15H19BrN2O5. The first kappa shape index (κ1) is 19.0. The molecule has 0 spiro atoms. The minimum atomic E-state index is -0.986. The Hall–Kier alpha value is -2.09. The van der Waals surface area contributed by atoms with E-state index in [1.54, 1.807) is 25.1 Å². The first-order chi connectivity index (χ1) is 10.8. The molecule has 1 unspecified atom stereocenters. The minimum Gasteiger partial charge on any atom is -0.481 e. The van der Waals surface area contributed by atoms with E-state index in [0.29, 0.717) is 10.2 Å². The van der Waals surface area contributed by atoms with E-state index in [4.69, 9.17) is 9.84 Å². The third-order valence-electron chi connectivity index (χ3n) is 3.03. The fraction of sp³-hybridized carbons (Fsp3) is 0.400. The number of hydrogen-bond acceptors (Lipinski definition) is 4. The number of amides is 2. The van der Waals surface area contributed by atoms with Crippen molar-refractivity contribution in [2.45, 2.75) is 13.8 Å². The third-order valence-corrected chi connectivity index (χ3v) is 3.53. The van der Waals surface area contributed by atoms with Crippen molar-refractivity contribution in [3.05, 3.63) is 28.2 Å². The molecule has 0 heterocycles. The first-order valence-corrected chi connectivity index (χ1v) is 7.77. The summed E-state index contributed by atoms with van der Waals surface area (Å²) in [6.45, 7) is 3.46. The number of carbonyl (C=O) groups excluding carboxylic acids is 2. The van der Waals surface area contributed by atoms with E-state index in [1.807, 2.05) is 0 Å². The van der Waals surface area contributed by atoms with Crippen LogP contribution in [0, 0.1) is 5.92 Å². The normalized spacial score (nSPS) is 11.5. The van der Waals surface area contributed by atoms with Gasteiger partial charge in [-0.05, 0) is 25.1 Å². The number of hydrogen-bond donors (Lipinski definition) is 2. The van der Waals surface area contributed by atoms with Crippen LogP contribution in [0.25, 0.3) is 0 Å². The van der Waals surface area contributed by atoms with Crippen LogP contribution in [0.3, 0.4) is 0 Å². The molecule has 23 heavy (non-hydrogen) atoms. The molecule has 0 radical (unpaired) electrons. The summed E-state index contributed by atoms with van der Waals surface area (Å²) in [5.74, 6) is -2.23. The van der Waals surface area contributed by atoms with Crippen LogP contribution in [-0.4, -0.2) is 48.2 Å². The number of urea groups is 1. The maximum atomic E-state index is 12.1. The minimum absolute atomic E-state index is 0.0481. The Morgan fingerprint density at radius 3 is 2.61 bits per heavy atom. The van der Waals surface area contributed by atoms with Gasteiger partial charge in [0.2, 0.25) is 0 Å². The molecule has 0 aliphatic heterocycles. The summed E-state index contributed by atoms with van der Waals surface area (Å²) >= 11 is 3.26. The summed E-state index contributed by atoms with van der Waals surface area (Å²) in [6.07, 6.45) is 0. The van der Waals surface area contributed by atoms with E-state index in [-0.39, 0.29) is 18.7 Å². The van der Waals surface area contributed by atoms with Crippen molar-refractivity contribution < 1.29 is 24.2 Å². The number of aliphatic carboxylic acids is 1. The van der Waals surface area contributed by atoms with Crippen molar-refractivity contribution in [3.8, 4) is 0 Å². The van der Waals surface area contributed by atoms with Gasteiger partial charge in [-0.1, -0.05) is 22.9 Å². The lowest BCUT2D eigenvalue weighted by atomic mass is 10.1. The van der Waals surface area contributed by atoms with Crippen LogP contribution >= 0.6 is 15.9 Å². The lowest BCUT2D eigenvalue weighted by Gasteiger charge is -2.21. The second kappa shape index (κ2) is 8.52. The Morgan fingerprint density at radius 1 is 1.39 bits per heavy atom. The molecule has 1 aromatic rings. The highest BCUT2D eigenvalue weighted by Gasteiger charge is 2.20. The van der Waals surface area contributed by atoms with E-state index in [2.05, 4.69) is 21.2 Å². The zero-order valence-electron chi connectivity index (χ0n) is 13.1. The Bertz CT molecular complexity index is 606. The van der Waals surface area contributed by atoms with Gasteiger partial charge in [-0.15, -0.1) is 0 Å². The number of carboxylic acids is 1. The Balaban J connectivity index is 2.89. The molecule has 2 N–H and O–H groups in total. The number of ether oxygens (including phenoxy) is 1. The van der Waals surface area contributed by atoms with Crippen LogP contribution in [0.4, 0.5) is 10.5 Å². The standard InChI is InChI=1S/C15H19BrN2O5/c1-4-23-14(21)11-7-10(16)5-6-12(11)17-15(22)18(3)8-9(2)13(19)20/h5-7,9H,4,8H2,1-3H3,(H,17,22)(H,19,20). The highest BCUT2D eigenvalue weighted by Crippen LogP contribution is 2.22. The van der Waals surface area contributed by atoms with Crippen LogP contribution < -0.4 is 5.32 Å². The zero-order valence-corrected chi connectivity index (χ0v) is 14.7. The highest BCUT2D eigenvalue weighted by atomic mass is 79.9. The predicted molar refractivity (Wildman–Crippen MR) is 88.5 cm³/mol. The van der Waals surface area contributed by atoms with Crippen LogP contribution in [-0.2, 0) is 9.53 Å². The van der Waals surface area contributed by atoms with Crippen molar-refractivity contribution >= 4 is 39.6 Å². The number of anilines is 1. The first-order valence-electron chi connectivity index (χ1n) is 6.97. The van der Waals surface area contributed by atoms with E-state index in [1.165, 1.54) is 18.9 Å². The van der Waals surface area contributed by atoms with Crippen LogP contribution in [0.5, 0.6) is 0 Å². The molecule has 0 fully saturated rings. The quantitative estimate of drug-likeness (QED) is 0.732. The van der Waals surface area contributed by atoms with Gasteiger partial charge in [0.15, 0.2) is 0 Å². The van der Waals surface area contributed by atoms with Crippen molar-refractivity contribution in [2.24, 2.45) is 5.92 Å². The van der Waals surface area contributed by atoms with Gasteiger partial charge >= 0.3 is 18.0 Å². The number of rotatable bonds is 6. The average molecular weight is 387 g/mol. The molecule has 0 aromatic heterocycles. The van der Waals surface area contributed by atoms with Gasteiger partial charge in [-0.2, -0.15) is 0 Å². The van der Waals surface area contributed by atoms with E-state index >= 15 is 0 Å². The molecule has 1 rings (SSSR count). The third kappa shape index (κ3) is 5.55. The zero-order chi connectivity index (χ0) is 17.6. The molecule has 0 aliphatic rings. The fourth-order valence-electron chi connectivity index (χ4n) is 1.79. The maximum Gasteiger partial charge on any atom is 0.340 e. The van der Waals surface area contributed by atoms with Gasteiger partial charge < -0.3 is 20.1 Å². The summed E-state index contributed by atoms with van der Waals surface area (Å²) in [6, 6.07) is 4.29. The summed E-state index contributed by atoms with van der Waals surface area (Å²) in [5, 5.41) is 11.5. The number of halogens is 1. The van der Waals surface area contributed by atoms with Gasteiger partial charge in [0.1, 0.15) is 0 Å². The summed E-state index contributed by atoms with van der Waals surface area (Å²) in [5.41, 5.74) is 0.515. The number of carbonyl (C=O) groups is 3. The molecular weight excluding hydrogens is 368 g/mol. The SMILES string of the molecule is CCOC(=O)c1cc(Br)ccc1NC(=O)N(C)CC(C)C(=O)O. The van der Waals surface area contributed by atoms with E-state index < -0.39 is 23.9 Å². The Morgan fingerprint density at radius 2 is 2.04 bits per heavy atom. The van der Waals surface area contributed by atoms with Gasteiger partial charge in [0.25, 0.3) is 0 Å². The van der Waals surface area contributed by atoms with Gasteiger partial charge in [0.05, 0.1) is 23.8 Å². The predicted octanol–water partition coefficient (Wildman–Crippen LogP) is 2.81. The van der Waals surface area contributed by atoms with Gasteiger partial charge in [-0.3, -0.25) is 4.79 Å². The van der Waals surface area contributed by atoms with Crippen molar-refractivity contribution in [3.63, 3.8) is 0 Å². The Labute approximate surface area is 142 Å². The van der Waals surface area contributed by atoms with Crippen LogP contribution in [0.2, 0.25) is 0 Å². The van der Waals surface area contributed by atoms with E-state index in [9.17, 15) is 14.4 Å². The molecule has 1 aromatic carbocycles. The molecule has 2 amide bonds. The summed E-state index contributed by atoms with van der Waals surface area (Å²) in [7, 11) is 1.48. The number of nitrogens with zero attached hydrogens (tertiary/aromatic N) is 1. The highest BCUT2D eigenvalue weighted by molar-refractivity contribution is 9.10. The largest absolute Gasteiger partial charge is 0.481 e. The molecule has 1 atom stereocenters. The van der Waals surface area contributed by atoms with Gasteiger partial charge in [0, 0.05) is 18.1 Å². The number of esters is 1. The number of carboxylic acid groups (broad SMARTS) is 1. The molecule has 0 bridgehead atoms. The second-order valence-corrected chi connectivity index (χ2v) is 5.88. The average Bonchev–Trinajstić information content (AvgIpc) is 2.48. The molecule has 126 valence electrons. The molecule has 0 saturated heterocycles. The second-order valence-electron chi connectivity index (χ2n) is 4.96. The number of benzene rings is 1. The molecule has 8 heteroatoms. The lowest BCUT2D eigenvalue weighted by Crippen LogP contribution is -2.37. The number of nitrogens with one attached hydrogen (secondary N) is 1. The van der Waals surface area contributed by atoms with Crippen LogP contribution in [0.15, 0.2) is 22.7 Å². The topological polar surface area (TPSA) is 95.9 Å². The maximum absolute atomic E-state index is 12.1. The molecule has 7 nitrogen and oxygen atoms in total. The lowest BCUT2D eigenvalue weighted by molar-refractivity contribution is -0.141.